The van der Waals surface area contributed by atoms with E-state index in [2.05, 4.69) is 22.5 Å². The molecule has 118 valence electrons. The molecule has 0 radical (unpaired) electrons. The molecule has 0 unspecified atom stereocenters. The molecule has 0 bridgehead atoms. The first kappa shape index (κ1) is 16.5. The minimum absolute atomic E-state index is 0.0530. The summed E-state index contributed by atoms with van der Waals surface area (Å²) in [6.45, 7) is 3.17. The minimum atomic E-state index is -0.180. The Balaban J connectivity index is 1.66. The molecule has 5 nitrogen and oxygen atoms in total. The molecule has 6 heteroatoms. The number of rotatable bonds is 7. The summed E-state index contributed by atoms with van der Waals surface area (Å²) in [4.78, 5) is 17.2. The van der Waals surface area contributed by atoms with Crippen molar-refractivity contribution in [1.29, 1.82) is 0 Å². The number of aliphatic hydroxyl groups is 1. The fourth-order valence-corrected chi connectivity index (χ4v) is 2.75. The first-order valence-electron chi connectivity index (χ1n) is 7.35. The largest absolute Gasteiger partial charge is 0.392 e. The fourth-order valence-electron chi connectivity index (χ4n) is 1.94. The molecule has 3 N–H and O–H groups in total. The lowest BCUT2D eigenvalue weighted by atomic mass is 10.1. The van der Waals surface area contributed by atoms with Gasteiger partial charge in [-0.3, -0.25) is 0 Å². The Bertz CT molecular complexity index is 596. The average molecular weight is 319 g/mol. The van der Waals surface area contributed by atoms with Gasteiger partial charge >= 0.3 is 6.03 Å². The Kier molecular flexibility index (Phi) is 6.36. The van der Waals surface area contributed by atoms with Crippen molar-refractivity contribution in [3.63, 3.8) is 0 Å². The molecular formula is C16H21N3O2S. The van der Waals surface area contributed by atoms with Gasteiger partial charge in [-0.15, -0.1) is 11.3 Å². The summed E-state index contributed by atoms with van der Waals surface area (Å²) < 4.78 is 0. The SMILES string of the molecule is CCc1cnc(CNC(=O)NCCc2ccc(CO)cc2)s1. The number of carbonyl (C=O) groups is 1. The summed E-state index contributed by atoms with van der Waals surface area (Å²) in [5, 5.41) is 15.5. The van der Waals surface area contributed by atoms with Gasteiger partial charge in [0, 0.05) is 17.6 Å². The second kappa shape index (κ2) is 8.51. The maximum atomic E-state index is 11.7. The maximum Gasteiger partial charge on any atom is 0.315 e. The average Bonchev–Trinajstić information content (AvgIpc) is 3.02. The van der Waals surface area contributed by atoms with Gasteiger partial charge in [-0.1, -0.05) is 31.2 Å². The van der Waals surface area contributed by atoms with Gasteiger partial charge in [0.1, 0.15) is 5.01 Å². The molecule has 1 aromatic heterocycles. The Labute approximate surface area is 134 Å². The van der Waals surface area contributed by atoms with Gasteiger partial charge < -0.3 is 15.7 Å². The molecule has 0 saturated carbocycles. The van der Waals surface area contributed by atoms with E-state index in [1.54, 1.807) is 11.3 Å². The van der Waals surface area contributed by atoms with E-state index >= 15 is 0 Å². The van der Waals surface area contributed by atoms with Gasteiger partial charge in [-0.05, 0) is 24.0 Å². The molecule has 0 aliphatic rings. The summed E-state index contributed by atoms with van der Waals surface area (Å²) in [5.74, 6) is 0. The normalized spacial score (nSPS) is 10.5. The second-order valence-corrected chi connectivity index (χ2v) is 6.11. The van der Waals surface area contributed by atoms with Crippen molar-refractivity contribution in [2.45, 2.75) is 32.9 Å². The number of aliphatic hydroxyl groups excluding tert-OH is 1. The van der Waals surface area contributed by atoms with E-state index in [1.165, 1.54) is 4.88 Å². The van der Waals surface area contributed by atoms with Gasteiger partial charge in [0.25, 0.3) is 0 Å². The van der Waals surface area contributed by atoms with E-state index in [1.807, 2.05) is 30.5 Å². The smallest absolute Gasteiger partial charge is 0.315 e. The van der Waals surface area contributed by atoms with Crippen LogP contribution in [0.4, 0.5) is 4.79 Å². The molecule has 2 aromatic rings. The van der Waals surface area contributed by atoms with Crippen molar-refractivity contribution < 1.29 is 9.90 Å². The molecule has 0 aliphatic carbocycles. The standard InChI is InChI=1S/C16H21N3O2S/c1-2-14-9-18-15(22-14)10-19-16(21)17-8-7-12-3-5-13(11-20)6-4-12/h3-6,9,20H,2,7-8,10-11H2,1H3,(H2,17,19,21). The number of nitrogens with zero attached hydrogens (tertiary/aromatic N) is 1. The Morgan fingerprint density at radius 3 is 2.59 bits per heavy atom. The predicted molar refractivity (Wildman–Crippen MR) is 87.8 cm³/mol. The number of nitrogens with one attached hydrogen (secondary N) is 2. The van der Waals surface area contributed by atoms with E-state index in [0.29, 0.717) is 13.1 Å². The number of amides is 2. The van der Waals surface area contributed by atoms with Crippen LogP contribution in [0.5, 0.6) is 0 Å². The predicted octanol–water partition coefficient (Wildman–Crippen LogP) is 2.24. The van der Waals surface area contributed by atoms with Crippen LogP contribution < -0.4 is 10.6 Å². The van der Waals surface area contributed by atoms with Crippen molar-refractivity contribution in [2.24, 2.45) is 0 Å². The zero-order chi connectivity index (χ0) is 15.8. The van der Waals surface area contributed by atoms with Crippen LogP contribution in [0, 0.1) is 0 Å². The van der Waals surface area contributed by atoms with Crippen molar-refractivity contribution >= 4 is 17.4 Å². The van der Waals surface area contributed by atoms with Crippen LogP contribution in [0.15, 0.2) is 30.5 Å². The molecule has 22 heavy (non-hydrogen) atoms. The molecule has 2 rings (SSSR count). The zero-order valence-electron chi connectivity index (χ0n) is 12.6. The number of urea groups is 1. The molecule has 0 atom stereocenters. The second-order valence-electron chi connectivity index (χ2n) is 4.91. The number of aromatic nitrogens is 1. The zero-order valence-corrected chi connectivity index (χ0v) is 13.4. The molecule has 1 aromatic carbocycles. The third kappa shape index (κ3) is 5.13. The lowest BCUT2D eigenvalue weighted by Crippen LogP contribution is -2.36. The quantitative estimate of drug-likeness (QED) is 0.733. The monoisotopic (exact) mass is 319 g/mol. The topological polar surface area (TPSA) is 74.2 Å². The molecule has 0 fully saturated rings. The summed E-state index contributed by atoms with van der Waals surface area (Å²) >= 11 is 1.62. The molecule has 2 amide bonds. The lowest BCUT2D eigenvalue weighted by Gasteiger charge is -2.07. The van der Waals surface area contributed by atoms with Crippen LogP contribution in [0.1, 0.15) is 27.9 Å². The summed E-state index contributed by atoms with van der Waals surface area (Å²) in [7, 11) is 0. The van der Waals surface area contributed by atoms with E-state index in [0.717, 1.165) is 29.0 Å². The molecular weight excluding hydrogens is 298 g/mol. The highest BCUT2D eigenvalue weighted by molar-refractivity contribution is 7.11. The molecule has 0 spiro atoms. The number of benzene rings is 1. The van der Waals surface area contributed by atoms with E-state index < -0.39 is 0 Å². The third-order valence-corrected chi connectivity index (χ3v) is 4.40. The number of hydrogen-bond acceptors (Lipinski definition) is 4. The van der Waals surface area contributed by atoms with Crippen LogP contribution >= 0.6 is 11.3 Å². The number of aryl methyl sites for hydroxylation is 1. The van der Waals surface area contributed by atoms with Crippen molar-refractivity contribution in [3.05, 3.63) is 51.5 Å². The van der Waals surface area contributed by atoms with Crippen LogP contribution in [0.3, 0.4) is 0 Å². The van der Waals surface area contributed by atoms with Gasteiger partial charge in [-0.25, -0.2) is 9.78 Å². The molecule has 1 heterocycles. The number of thiazole rings is 1. The van der Waals surface area contributed by atoms with E-state index in [4.69, 9.17) is 5.11 Å². The van der Waals surface area contributed by atoms with E-state index in [9.17, 15) is 4.79 Å². The summed E-state index contributed by atoms with van der Waals surface area (Å²) in [5.41, 5.74) is 2.02. The fraction of sp³-hybridized carbons (Fsp3) is 0.375. The van der Waals surface area contributed by atoms with Crippen LogP contribution in [0.2, 0.25) is 0 Å². The summed E-state index contributed by atoms with van der Waals surface area (Å²) in [6.07, 6.45) is 3.59. The first-order chi connectivity index (χ1) is 10.7. The van der Waals surface area contributed by atoms with Crippen molar-refractivity contribution in [1.82, 2.24) is 15.6 Å². The third-order valence-electron chi connectivity index (χ3n) is 3.25. The highest BCUT2D eigenvalue weighted by Crippen LogP contribution is 2.12. The number of hydrogen-bond donors (Lipinski definition) is 3. The lowest BCUT2D eigenvalue weighted by molar-refractivity contribution is 0.240. The number of carbonyl (C=O) groups excluding carboxylic acids is 1. The maximum absolute atomic E-state index is 11.7. The highest BCUT2D eigenvalue weighted by atomic mass is 32.1. The van der Waals surface area contributed by atoms with E-state index in [-0.39, 0.29) is 12.6 Å². The molecule has 0 aliphatic heterocycles. The van der Waals surface area contributed by atoms with Crippen LogP contribution in [-0.4, -0.2) is 22.7 Å². The van der Waals surface area contributed by atoms with Gasteiger partial charge in [0.15, 0.2) is 0 Å². The van der Waals surface area contributed by atoms with Crippen LogP contribution in [-0.2, 0) is 26.0 Å². The molecule has 0 saturated heterocycles. The van der Waals surface area contributed by atoms with Crippen molar-refractivity contribution in [2.75, 3.05) is 6.54 Å². The van der Waals surface area contributed by atoms with Gasteiger partial charge in [-0.2, -0.15) is 0 Å². The highest BCUT2D eigenvalue weighted by Gasteiger charge is 2.04. The van der Waals surface area contributed by atoms with Gasteiger partial charge in [0.05, 0.1) is 13.2 Å². The Morgan fingerprint density at radius 1 is 1.23 bits per heavy atom. The summed E-state index contributed by atoms with van der Waals surface area (Å²) in [6, 6.07) is 7.53. The van der Waals surface area contributed by atoms with Crippen molar-refractivity contribution in [3.8, 4) is 0 Å². The first-order valence-corrected chi connectivity index (χ1v) is 8.17. The Hall–Kier alpha value is -1.92. The Morgan fingerprint density at radius 2 is 1.95 bits per heavy atom. The van der Waals surface area contributed by atoms with Gasteiger partial charge in [0.2, 0.25) is 0 Å². The van der Waals surface area contributed by atoms with Crippen LogP contribution in [0.25, 0.3) is 0 Å². The minimum Gasteiger partial charge on any atom is -0.392 e.